The van der Waals surface area contributed by atoms with Crippen molar-refractivity contribution in [2.75, 3.05) is 39.4 Å². The molecule has 0 aliphatic carbocycles. The number of benzene rings is 1. The van der Waals surface area contributed by atoms with Crippen LogP contribution >= 0.6 is 0 Å². The molecule has 0 spiro atoms. The maximum Gasteiger partial charge on any atom is 0.255 e. The average molecular weight is 354 g/mol. The predicted octanol–water partition coefficient (Wildman–Crippen LogP) is 1.97. The summed E-state index contributed by atoms with van der Waals surface area (Å²) in [5, 5.41) is 0. The number of rotatable bonds is 7. The minimum absolute atomic E-state index is 0.0918. The summed E-state index contributed by atoms with van der Waals surface area (Å²) in [4.78, 5) is 14.7. The van der Waals surface area contributed by atoms with E-state index in [0.29, 0.717) is 39.4 Å². The van der Waals surface area contributed by atoms with E-state index < -0.39 is 10.0 Å². The molecule has 0 N–H and O–H groups in total. The van der Waals surface area contributed by atoms with Crippen LogP contribution < -0.4 is 0 Å². The highest BCUT2D eigenvalue weighted by molar-refractivity contribution is 7.89. The first-order chi connectivity index (χ1) is 11.5. The molecule has 1 heterocycles. The third-order valence-electron chi connectivity index (χ3n) is 3.98. The lowest BCUT2D eigenvalue weighted by Gasteiger charge is -2.28. The van der Waals surface area contributed by atoms with Gasteiger partial charge in [-0.15, -0.1) is 0 Å². The zero-order valence-corrected chi connectivity index (χ0v) is 15.2. The fourth-order valence-electron chi connectivity index (χ4n) is 2.82. The predicted molar refractivity (Wildman–Crippen MR) is 92.5 cm³/mol. The van der Waals surface area contributed by atoms with E-state index in [9.17, 15) is 13.2 Å². The van der Waals surface area contributed by atoms with Crippen LogP contribution in [-0.4, -0.2) is 62.9 Å². The maximum atomic E-state index is 13.0. The Balaban J connectivity index is 2.37. The van der Waals surface area contributed by atoms with Crippen LogP contribution in [0, 0.1) is 0 Å². The van der Waals surface area contributed by atoms with Crippen LogP contribution in [0.25, 0.3) is 0 Å². The number of nitrogens with zero attached hydrogens (tertiary/aromatic N) is 2. The van der Waals surface area contributed by atoms with Gasteiger partial charge >= 0.3 is 0 Å². The van der Waals surface area contributed by atoms with Gasteiger partial charge in [-0.2, -0.15) is 4.31 Å². The van der Waals surface area contributed by atoms with Gasteiger partial charge in [0.1, 0.15) is 0 Å². The summed E-state index contributed by atoms with van der Waals surface area (Å²) in [6, 6.07) is 6.50. The Labute approximate surface area is 144 Å². The summed E-state index contributed by atoms with van der Waals surface area (Å²) in [7, 11) is -3.70. The molecule has 0 saturated carbocycles. The summed E-state index contributed by atoms with van der Waals surface area (Å²) >= 11 is 0. The number of hydrogen-bond acceptors (Lipinski definition) is 4. The minimum atomic E-state index is -3.70. The Hall–Kier alpha value is -1.44. The van der Waals surface area contributed by atoms with Gasteiger partial charge in [-0.1, -0.05) is 26.0 Å². The third-order valence-corrected chi connectivity index (χ3v) is 5.94. The zero-order valence-electron chi connectivity index (χ0n) is 14.4. The van der Waals surface area contributed by atoms with E-state index in [1.54, 1.807) is 23.1 Å². The van der Waals surface area contributed by atoms with E-state index in [-0.39, 0.29) is 16.4 Å². The monoisotopic (exact) mass is 354 g/mol. The number of hydrogen-bond donors (Lipinski definition) is 0. The molecule has 6 nitrogen and oxygen atoms in total. The van der Waals surface area contributed by atoms with E-state index in [4.69, 9.17) is 4.74 Å². The van der Waals surface area contributed by atoms with Crippen molar-refractivity contribution in [3.05, 3.63) is 29.8 Å². The molecule has 0 atom stereocenters. The lowest BCUT2D eigenvalue weighted by Crippen LogP contribution is -2.41. The molecule has 1 saturated heterocycles. The van der Waals surface area contributed by atoms with Gasteiger partial charge in [0.05, 0.1) is 23.7 Å². The molecule has 1 aromatic carbocycles. The number of sulfonamides is 1. The lowest BCUT2D eigenvalue weighted by atomic mass is 10.2. The van der Waals surface area contributed by atoms with Gasteiger partial charge in [0.2, 0.25) is 10.0 Å². The van der Waals surface area contributed by atoms with Gasteiger partial charge in [-0.05, 0) is 25.0 Å². The number of morpholine rings is 1. The molecule has 0 bridgehead atoms. The van der Waals surface area contributed by atoms with Crippen molar-refractivity contribution < 1.29 is 17.9 Å². The molecule has 1 fully saturated rings. The van der Waals surface area contributed by atoms with Crippen molar-refractivity contribution in [3.8, 4) is 0 Å². The molecule has 2 rings (SSSR count). The SMILES string of the molecule is CCCN(CCC)C(=O)c1ccccc1S(=O)(=O)N1CCOCC1. The standard InChI is InChI=1S/C17H26N2O4S/c1-3-9-18(10-4-2)17(20)15-7-5-6-8-16(15)24(21,22)19-11-13-23-14-12-19/h5-8H,3-4,9-14H2,1-2H3. The second-order valence-electron chi connectivity index (χ2n) is 5.80. The Morgan fingerprint density at radius 2 is 1.71 bits per heavy atom. The first-order valence-electron chi connectivity index (χ1n) is 8.48. The Bertz CT molecular complexity index is 648. The normalized spacial score (nSPS) is 16.1. The zero-order chi connectivity index (χ0) is 17.6. The molecule has 0 radical (unpaired) electrons. The van der Waals surface area contributed by atoms with Crippen molar-refractivity contribution in [3.63, 3.8) is 0 Å². The molecular formula is C17H26N2O4S. The van der Waals surface area contributed by atoms with Gasteiger partial charge in [0.15, 0.2) is 0 Å². The van der Waals surface area contributed by atoms with Crippen molar-refractivity contribution in [2.24, 2.45) is 0 Å². The van der Waals surface area contributed by atoms with Gasteiger partial charge < -0.3 is 9.64 Å². The van der Waals surface area contributed by atoms with Crippen LogP contribution in [0.3, 0.4) is 0 Å². The quantitative estimate of drug-likeness (QED) is 0.751. The Kier molecular flexibility index (Phi) is 6.77. The minimum Gasteiger partial charge on any atom is -0.379 e. The highest BCUT2D eigenvalue weighted by atomic mass is 32.2. The Morgan fingerprint density at radius 1 is 1.12 bits per heavy atom. The van der Waals surface area contributed by atoms with Crippen LogP contribution in [0.1, 0.15) is 37.0 Å². The van der Waals surface area contributed by atoms with Gasteiger partial charge in [0.25, 0.3) is 5.91 Å². The van der Waals surface area contributed by atoms with Crippen LogP contribution in [0.2, 0.25) is 0 Å². The number of ether oxygens (including phenoxy) is 1. The highest BCUT2D eigenvalue weighted by Crippen LogP contribution is 2.22. The van der Waals surface area contributed by atoms with Crippen LogP contribution in [-0.2, 0) is 14.8 Å². The van der Waals surface area contributed by atoms with Crippen molar-refractivity contribution in [1.82, 2.24) is 9.21 Å². The van der Waals surface area contributed by atoms with E-state index in [0.717, 1.165) is 12.8 Å². The molecule has 1 aliphatic heterocycles. The van der Waals surface area contributed by atoms with Crippen molar-refractivity contribution in [1.29, 1.82) is 0 Å². The highest BCUT2D eigenvalue weighted by Gasteiger charge is 2.31. The van der Waals surface area contributed by atoms with Gasteiger partial charge in [0, 0.05) is 26.2 Å². The van der Waals surface area contributed by atoms with Crippen molar-refractivity contribution in [2.45, 2.75) is 31.6 Å². The van der Waals surface area contributed by atoms with Crippen LogP contribution in [0.5, 0.6) is 0 Å². The molecular weight excluding hydrogens is 328 g/mol. The largest absolute Gasteiger partial charge is 0.379 e. The fraction of sp³-hybridized carbons (Fsp3) is 0.588. The summed E-state index contributed by atoms with van der Waals surface area (Å²) in [5.41, 5.74) is 0.255. The average Bonchev–Trinajstić information content (AvgIpc) is 2.61. The van der Waals surface area contributed by atoms with E-state index in [2.05, 4.69) is 0 Å². The van der Waals surface area contributed by atoms with Crippen LogP contribution in [0.15, 0.2) is 29.2 Å². The first kappa shape index (κ1) is 18.9. The van der Waals surface area contributed by atoms with E-state index in [1.165, 1.54) is 10.4 Å². The molecule has 0 aromatic heterocycles. The molecule has 7 heteroatoms. The first-order valence-corrected chi connectivity index (χ1v) is 9.92. The van der Waals surface area contributed by atoms with Crippen LogP contribution in [0.4, 0.5) is 0 Å². The fourth-order valence-corrected chi connectivity index (χ4v) is 4.41. The topological polar surface area (TPSA) is 66.9 Å². The lowest BCUT2D eigenvalue weighted by molar-refractivity contribution is 0.0724. The number of carbonyl (C=O) groups is 1. The molecule has 134 valence electrons. The van der Waals surface area contributed by atoms with Gasteiger partial charge in [-0.25, -0.2) is 8.42 Å². The second kappa shape index (κ2) is 8.60. The summed E-state index contributed by atoms with van der Waals surface area (Å²) in [6.45, 7) is 6.66. The number of amides is 1. The third kappa shape index (κ3) is 4.15. The second-order valence-corrected chi connectivity index (χ2v) is 7.71. The molecule has 0 unspecified atom stereocenters. The van der Waals surface area contributed by atoms with Crippen molar-refractivity contribution >= 4 is 15.9 Å². The van der Waals surface area contributed by atoms with E-state index >= 15 is 0 Å². The van der Waals surface area contributed by atoms with Gasteiger partial charge in [-0.3, -0.25) is 4.79 Å². The molecule has 1 aliphatic rings. The molecule has 1 amide bonds. The molecule has 1 aromatic rings. The summed E-state index contributed by atoms with van der Waals surface area (Å²) < 4.78 is 32.5. The summed E-state index contributed by atoms with van der Waals surface area (Å²) in [6.07, 6.45) is 1.67. The Morgan fingerprint density at radius 3 is 2.29 bits per heavy atom. The number of carbonyl (C=O) groups excluding carboxylic acids is 1. The van der Waals surface area contributed by atoms with E-state index in [1.807, 2.05) is 13.8 Å². The summed E-state index contributed by atoms with van der Waals surface area (Å²) in [5.74, 6) is -0.217. The molecule has 24 heavy (non-hydrogen) atoms. The maximum absolute atomic E-state index is 13.0. The smallest absolute Gasteiger partial charge is 0.255 e.